The molecule has 1 aliphatic rings. The highest BCUT2D eigenvalue weighted by Crippen LogP contribution is 2.37. The summed E-state index contributed by atoms with van der Waals surface area (Å²) in [5.74, 6) is 0.357. The molecule has 0 aliphatic carbocycles. The molecule has 158 valence electrons. The highest BCUT2D eigenvalue weighted by Gasteiger charge is 2.34. The van der Waals surface area contributed by atoms with E-state index in [0.29, 0.717) is 37.7 Å². The van der Waals surface area contributed by atoms with Crippen LogP contribution in [0.4, 0.5) is 29.5 Å². The molecule has 3 aromatic rings. The standard InChI is InChI=1S/C19H17ClF3N5O2/c20-15-6-5-12(11-14(15)19(21,22)23)27-7-9-28(10-8-27)30-18(29)24-17-13-3-1-2-4-16(13)25-26-17/h1-6,11H,7-10H2,(H2,24,25,26,29). The number of amides is 1. The minimum Gasteiger partial charge on any atom is -0.369 e. The van der Waals surface area contributed by atoms with E-state index < -0.39 is 17.8 Å². The zero-order valence-electron chi connectivity index (χ0n) is 15.5. The number of carbonyl (C=O) groups excluding carboxylic acids is 1. The fraction of sp³-hybridized carbons (Fsp3) is 0.263. The molecule has 11 heteroatoms. The molecule has 4 rings (SSSR count). The van der Waals surface area contributed by atoms with Crippen molar-refractivity contribution >= 4 is 40.1 Å². The molecular weight excluding hydrogens is 423 g/mol. The van der Waals surface area contributed by atoms with E-state index in [-0.39, 0.29) is 5.02 Å². The fourth-order valence-electron chi connectivity index (χ4n) is 3.26. The molecule has 0 unspecified atom stereocenters. The number of anilines is 2. The van der Waals surface area contributed by atoms with E-state index >= 15 is 0 Å². The molecule has 2 heterocycles. The molecule has 1 aliphatic heterocycles. The van der Waals surface area contributed by atoms with Crippen LogP contribution >= 0.6 is 11.6 Å². The van der Waals surface area contributed by atoms with E-state index in [0.717, 1.165) is 17.0 Å². The fourth-order valence-corrected chi connectivity index (χ4v) is 3.48. The van der Waals surface area contributed by atoms with Gasteiger partial charge in [-0.15, -0.1) is 5.06 Å². The van der Waals surface area contributed by atoms with Crippen molar-refractivity contribution in [2.75, 3.05) is 36.4 Å². The number of H-pyrrole nitrogens is 1. The smallest absolute Gasteiger partial charge is 0.369 e. The number of nitrogens with one attached hydrogen (secondary N) is 2. The van der Waals surface area contributed by atoms with Gasteiger partial charge in [-0.25, -0.2) is 4.79 Å². The number of piperazine rings is 1. The first-order valence-electron chi connectivity index (χ1n) is 9.10. The van der Waals surface area contributed by atoms with Gasteiger partial charge in [0.1, 0.15) is 0 Å². The average molecular weight is 440 g/mol. The second kappa shape index (κ2) is 8.04. The maximum absolute atomic E-state index is 13.1. The van der Waals surface area contributed by atoms with Crippen LogP contribution in [0.1, 0.15) is 5.56 Å². The monoisotopic (exact) mass is 439 g/mol. The van der Waals surface area contributed by atoms with Crippen molar-refractivity contribution in [3.8, 4) is 0 Å². The predicted molar refractivity (Wildman–Crippen MR) is 106 cm³/mol. The van der Waals surface area contributed by atoms with Crippen molar-refractivity contribution in [3.63, 3.8) is 0 Å². The van der Waals surface area contributed by atoms with E-state index in [9.17, 15) is 18.0 Å². The third-order valence-corrected chi connectivity index (χ3v) is 5.09. The van der Waals surface area contributed by atoms with Crippen molar-refractivity contribution < 1.29 is 22.8 Å². The van der Waals surface area contributed by atoms with Gasteiger partial charge in [-0.3, -0.25) is 10.4 Å². The van der Waals surface area contributed by atoms with E-state index in [1.165, 1.54) is 11.1 Å². The van der Waals surface area contributed by atoms with Crippen molar-refractivity contribution in [3.05, 3.63) is 53.1 Å². The number of halogens is 4. The summed E-state index contributed by atoms with van der Waals surface area (Å²) in [7, 11) is 0. The number of fused-ring (bicyclic) bond motifs is 1. The number of para-hydroxylation sites is 1. The van der Waals surface area contributed by atoms with Gasteiger partial charge in [-0.05, 0) is 30.3 Å². The Kier molecular flexibility index (Phi) is 5.44. The number of nitrogens with zero attached hydrogens (tertiary/aromatic N) is 3. The maximum Gasteiger partial charge on any atom is 0.432 e. The van der Waals surface area contributed by atoms with Crippen LogP contribution in [0.3, 0.4) is 0 Å². The van der Waals surface area contributed by atoms with Crippen LogP contribution in [0, 0.1) is 0 Å². The summed E-state index contributed by atoms with van der Waals surface area (Å²) in [5.41, 5.74) is 0.326. The summed E-state index contributed by atoms with van der Waals surface area (Å²) in [6.07, 6.45) is -5.21. The molecule has 30 heavy (non-hydrogen) atoms. The van der Waals surface area contributed by atoms with Crippen LogP contribution in [0.5, 0.6) is 0 Å². The number of rotatable bonds is 3. The lowest BCUT2D eigenvalue weighted by molar-refractivity contribution is -0.137. The molecule has 7 nitrogen and oxygen atoms in total. The van der Waals surface area contributed by atoms with Gasteiger partial charge >= 0.3 is 12.3 Å². The van der Waals surface area contributed by atoms with Gasteiger partial charge in [0, 0.05) is 24.2 Å². The first kappa shape index (κ1) is 20.3. The molecule has 1 aromatic heterocycles. The van der Waals surface area contributed by atoms with Crippen LogP contribution in [0.15, 0.2) is 42.5 Å². The maximum atomic E-state index is 13.1. The Bertz CT molecular complexity index is 1060. The van der Waals surface area contributed by atoms with Gasteiger partial charge in [0.15, 0.2) is 5.82 Å². The Balaban J connectivity index is 1.34. The summed E-state index contributed by atoms with van der Waals surface area (Å²) < 4.78 is 39.2. The lowest BCUT2D eigenvalue weighted by Crippen LogP contribution is -2.47. The predicted octanol–water partition coefficient (Wildman–Crippen LogP) is 4.52. The van der Waals surface area contributed by atoms with Crippen LogP contribution in [0.2, 0.25) is 5.02 Å². The lowest BCUT2D eigenvalue weighted by Gasteiger charge is -2.34. The third kappa shape index (κ3) is 4.29. The van der Waals surface area contributed by atoms with Crippen molar-refractivity contribution in [2.24, 2.45) is 0 Å². The normalized spacial score (nSPS) is 15.4. The van der Waals surface area contributed by atoms with Crippen molar-refractivity contribution in [2.45, 2.75) is 6.18 Å². The van der Waals surface area contributed by atoms with Gasteiger partial charge in [0.25, 0.3) is 0 Å². The Morgan fingerprint density at radius 3 is 2.60 bits per heavy atom. The number of aromatic nitrogens is 2. The van der Waals surface area contributed by atoms with Crippen LogP contribution in [0.25, 0.3) is 10.9 Å². The quantitative estimate of drug-likeness (QED) is 0.627. The van der Waals surface area contributed by atoms with Crippen molar-refractivity contribution in [1.82, 2.24) is 15.3 Å². The summed E-state index contributed by atoms with van der Waals surface area (Å²) >= 11 is 5.68. The Hall–Kier alpha value is -2.98. The van der Waals surface area contributed by atoms with E-state index in [4.69, 9.17) is 16.4 Å². The van der Waals surface area contributed by atoms with Gasteiger partial charge < -0.3 is 9.74 Å². The first-order valence-corrected chi connectivity index (χ1v) is 9.48. The summed E-state index contributed by atoms with van der Waals surface area (Å²) in [5, 5.41) is 11.3. The molecule has 0 atom stereocenters. The highest BCUT2D eigenvalue weighted by molar-refractivity contribution is 6.31. The zero-order valence-corrected chi connectivity index (χ0v) is 16.3. The molecule has 0 radical (unpaired) electrons. The number of alkyl halides is 3. The largest absolute Gasteiger partial charge is 0.432 e. The van der Waals surface area contributed by atoms with Gasteiger partial charge in [0.05, 0.1) is 29.2 Å². The second-order valence-corrected chi connectivity index (χ2v) is 7.11. The molecule has 1 fully saturated rings. The first-order chi connectivity index (χ1) is 14.3. The minimum absolute atomic E-state index is 0.332. The van der Waals surface area contributed by atoms with Crippen molar-refractivity contribution in [1.29, 1.82) is 0 Å². The second-order valence-electron chi connectivity index (χ2n) is 6.70. The lowest BCUT2D eigenvalue weighted by atomic mass is 10.1. The third-order valence-electron chi connectivity index (χ3n) is 4.76. The van der Waals surface area contributed by atoms with Crippen LogP contribution in [-0.4, -0.2) is 47.5 Å². The highest BCUT2D eigenvalue weighted by atomic mass is 35.5. The molecular formula is C19H17ClF3N5O2. The molecule has 0 bridgehead atoms. The minimum atomic E-state index is -4.52. The number of hydrogen-bond acceptors (Lipinski definition) is 5. The molecule has 2 N–H and O–H groups in total. The number of aromatic amines is 1. The molecule has 1 saturated heterocycles. The zero-order chi connectivity index (χ0) is 21.3. The van der Waals surface area contributed by atoms with Gasteiger partial charge in [-0.1, -0.05) is 23.7 Å². The Morgan fingerprint density at radius 2 is 1.87 bits per heavy atom. The van der Waals surface area contributed by atoms with Crippen LogP contribution in [-0.2, 0) is 11.0 Å². The molecule has 0 saturated carbocycles. The Morgan fingerprint density at radius 1 is 1.13 bits per heavy atom. The molecule has 1 amide bonds. The number of benzene rings is 2. The van der Waals surface area contributed by atoms with Gasteiger partial charge in [-0.2, -0.15) is 18.3 Å². The Labute approximate surface area is 174 Å². The van der Waals surface area contributed by atoms with Crippen LogP contribution < -0.4 is 10.2 Å². The number of carbonyl (C=O) groups is 1. The van der Waals surface area contributed by atoms with Gasteiger partial charge in [0.2, 0.25) is 0 Å². The topological polar surface area (TPSA) is 73.5 Å². The van der Waals surface area contributed by atoms with E-state index in [1.54, 1.807) is 11.0 Å². The summed E-state index contributed by atoms with van der Waals surface area (Å²) in [6, 6.07) is 11.1. The number of hydrogen-bond donors (Lipinski definition) is 2. The summed E-state index contributed by atoms with van der Waals surface area (Å²) in [6.45, 7) is 1.44. The van der Waals surface area contributed by atoms with E-state index in [2.05, 4.69) is 15.5 Å². The average Bonchev–Trinajstić information content (AvgIpc) is 3.11. The molecule has 0 spiro atoms. The summed E-state index contributed by atoms with van der Waals surface area (Å²) in [4.78, 5) is 19.3. The van der Waals surface area contributed by atoms with E-state index in [1.807, 2.05) is 24.3 Å². The number of hydroxylamine groups is 2. The SMILES string of the molecule is O=C(Nc1n[nH]c2ccccc12)ON1CCN(c2ccc(Cl)c(C(F)(F)F)c2)CC1. The molecule has 2 aromatic carbocycles.